The van der Waals surface area contributed by atoms with Crippen molar-refractivity contribution in [2.24, 2.45) is 0 Å². The summed E-state index contributed by atoms with van der Waals surface area (Å²) in [4.78, 5) is 0. The molecule has 0 aliphatic rings. The van der Waals surface area contributed by atoms with Crippen molar-refractivity contribution in [3.05, 3.63) is 65.7 Å². The molecule has 1 N–H and O–H groups in total. The Kier molecular flexibility index (Phi) is 3.88. The lowest BCUT2D eigenvalue weighted by molar-refractivity contribution is 0.352. The fraction of sp³-hybridized carbons (Fsp3) is 0.158. The summed E-state index contributed by atoms with van der Waals surface area (Å²) < 4.78 is 10.8. The van der Waals surface area contributed by atoms with E-state index in [0.717, 1.165) is 21.9 Å². The summed E-state index contributed by atoms with van der Waals surface area (Å²) in [5.74, 6) is 1.72. The van der Waals surface area contributed by atoms with Crippen molar-refractivity contribution in [3.63, 3.8) is 0 Å². The van der Waals surface area contributed by atoms with E-state index in [9.17, 15) is 5.11 Å². The molecule has 0 saturated carbocycles. The third-order valence-electron chi connectivity index (χ3n) is 3.85. The van der Waals surface area contributed by atoms with Gasteiger partial charge in [-0.1, -0.05) is 48.5 Å². The summed E-state index contributed by atoms with van der Waals surface area (Å²) in [6.45, 7) is 0. The lowest BCUT2D eigenvalue weighted by Crippen LogP contribution is -1.97. The molecule has 3 rings (SSSR count). The van der Waals surface area contributed by atoms with E-state index in [1.165, 1.54) is 0 Å². The van der Waals surface area contributed by atoms with Crippen LogP contribution in [0.2, 0.25) is 0 Å². The normalized spacial score (nSPS) is 10.6. The molecule has 3 aromatic carbocycles. The number of phenolic OH excluding ortho intramolecular Hbond substituents is 1. The fourth-order valence-electron chi connectivity index (χ4n) is 2.74. The third kappa shape index (κ3) is 2.46. The van der Waals surface area contributed by atoms with E-state index in [1.54, 1.807) is 14.2 Å². The summed E-state index contributed by atoms with van der Waals surface area (Å²) in [7, 11) is 3.25. The zero-order valence-corrected chi connectivity index (χ0v) is 12.7. The highest BCUT2D eigenvalue weighted by Gasteiger charge is 2.13. The van der Waals surface area contributed by atoms with Crippen molar-refractivity contribution < 1.29 is 14.6 Å². The Hall–Kier alpha value is -2.68. The number of fused-ring (bicyclic) bond motifs is 1. The van der Waals surface area contributed by atoms with Crippen molar-refractivity contribution in [2.45, 2.75) is 6.42 Å². The summed E-state index contributed by atoms with van der Waals surface area (Å²) in [5, 5.41) is 12.4. The van der Waals surface area contributed by atoms with Gasteiger partial charge < -0.3 is 14.6 Å². The molecule has 0 fully saturated rings. The van der Waals surface area contributed by atoms with E-state index in [0.29, 0.717) is 23.7 Å². The Labute approximate surface area is 129 Å². The standard InChI is InChI=1S/C19H18O3/c1-21-17-9-5-7-15(19(17)22-2)12-14-11-10-13-6-3-4-8-16(13)18(14)20/h3-11,20H,12H2,1-2H3. The number of ether oxygens (including phenoxy) is 2. The maximum Gasteiger partial charge on any atom is 0.164 e. The second-order valence-corrected chi connectivity index (χ2v) is 5.12. The van der Waals surface area contributed by atoms with Crippen LogP contribution in [0.3, 0.4) is 0 Å². The van der Waals surface area contributed by atoms with Crippen molar-refractivity contribution in [1.82, 2.24) is 0 Å². The summed E-state index contributed by atoms with van der Waals surface area (Å²) >= 11 is 0. The van der Waals surface area contributed by atoms with Gasteiger partial charge >= 0.3 is 0 Å². The first kappa shape index (κ1) is 14.3. The Morgan fingerprint density at radius 1 is 0.818 bits per heavy atom. The largest absolute Gasteiger partial charge is 0.507 e. The van der Waals surface area contributed by atoms with Crippen LogP contribution in [0.1, 0.15) is 11.1 Å². The molecule has 0 saturated heterocycles. The highest BCUT2D eigenvalue weighted by molar-refractivity contribution is 5.89. The third-order valence-corrected chi connectivity index (χ3v) is 3.85. The minimum atomic E-state index is 0.322. The predicted octanol–water partition coefficient (Wildman–Crippen LogP) is 4.15. The molecule has 112 valence electrons. The lowest BCUT2D eigenvalue weighted by atomic mass is 9.99. The maximum atomic E-state index is 10.5. The summed E-state index contributed by atoms with van der Waals surface area (Å²) in [5.41, 5.74) is 1.85. The van der Waals surface area contributed by atoms with Gasteiger partial charge in [-0.3, -0.25) is 0 Å². The summed E-state index contributed by atoms with van der Waals surface area (Å²) in [6.07, 6.45) is 0.580. The topological polar surface area (TPSA) is 38.7 Å². The average molecular weight is 294 g/mol. The number of aromatic hydroxyl groups is 1. The smallest absolute Gasteiger partial charge is 0.164 e. The number of hydrogen-bond donors (Lipinski definition) is 1. The number of phenols is 1. The molecule has 3 aromatic rings. The van der Waals surface area contributed by atoms with Gasteiger partial charge in [0, 0.05) is 17.4 Å². The van der Waals surface area contributed by atoms with E-state index >= 15 is 0 Å². The van der Waals surface area contributed by atoms with Crippen molar-refractivity contribution >= 4 is 10.8 Å². The van der Waals surface area contributed by atoms with Gasteiger partial charge in [0.15, 0.2) is 11.5 Å². The van der Waals surface area contributed by atoms with Gasteiger partial charge in [0.25, 0.3) is 0 Å². The highest BCUT2D eigenvalue weighted by Crippen LogP contribution is 2.35. The lowest BCUT2D eigenvalue weighted by Gasteiger charge is -2.14. The first-order valence-electron chi connectivity index (χ1n) is 7.14. The minimum absolute atomic E-state index is 0.322. The Morgan fingerprint density at radius 3 is 2.41 bits per heavy atom. The van der Waals surface area contributed by atoms with Gasteiger partial charge in [0.1, 0.15) is 5.75 Å². The first-order valence-corrected chi connectivity index (χ1v) is 7.14. The zero-order chi connectivity index (χ0) is 15.5. The van der Waals surface area contributed by atoms with Crippen LogP contribution >= 0.6 is 0 Å². The van der Waals surface area contributed by atoms with Crippen molar-refractivity contribution in [1.29, 1.82) is 0 Å². The predicted molar refractivity (Wildman–Crippen MR) is 88.0 cm³/mol. The monoisotopic (exact) mass is 294 g/mol. The van der Waals surface area contributed by atoms with Crippen molar-refractivity contribution in [2.75, 3.05) is 14.2 Å². The van der Waals surface area contributed by atoms with Crippen LogP contribution in [0.25, 0.3) is 10.8 Å². The van der Waals surface area contributed by atoms with Crippen LogP contribution < -0.4 is 9.47 Å². The van der Waals surface area contributed by atoms with Crippen LogP contribution in [0, 0.1) is 0 Å². The van der Waals surface area contributed by atoms with Gasteiger partial charge in [-0.25, -0.2) is 0 Å². The van der Waals surface area contributed by atoms with E-state index in [2.05, 4.69) is 0 Å². The van der Waals surface area contributed by atoms with Crippen LogP contribution in [-0.2, 0) is 6.42 Å². The Balaban J connectivity index is 2.05. The van der Waals surface area contributed by atoms with Crippen LogP contribution in [0.15, 0.2) is 54.6 Å². The van der Waals surface area contributed by atoms with Gasteiger partial charge in [-0.2, -0.15) is 0 Å². The Bertz CT molecular complexity index is 809. The molecular formula is C19H18O3. The number of para-hydroxylation sites is 1. The number of methoxy groups -OCH3 is 2. The molecule has 0 bridgehead atoms. The van der Waals surface area contributed by atoms with E-state index in [4.69, 9.17) is 9.47 Å². The summed E-state index contributed by atoms with van der Waals surface area (Å²) in [6, 6.07) is 17.6. The van der Waals surface area contributed by atoms with Gasteiger partial charge in [0.05, 0.1) is 14.2 Å². The molecule has 3 nitrogen and oxygen atoms in total. The molecule has 0 spiro atoms. The van der Waals surface area contributed by atoms with Crippen LogP contribution in [-0.4, -0.2) is 19.3 Å². The Morgan fingerprint density at radius 2 is 1.64 bits per heavy atom. The number of benzene rings is 3. The van der Waals surface area contributed by atoms with E-state index in [-0.39, 0.29) is 0 Å². The number of rotatable bonds is 4. The highest BCUT2D eigenvalue weighted by atomic mass is 16.5. The first-order chi connectivity index (χ1) is 10.7. The van der Waals surface area contributed by atoms with Crippen LogP contribution in [0.5, 0.6) is 17.2 Å². The quantitative estimate of drug-likeness (QED) is 0.785. The number of hydrogen-bond acceptors (Lipinski definition) is 3. The molecule has 0 radical (unpaired) electrons. The van der Waals surface area contributed by atoms with Crippen LogP contribution in [0.4, 0.5) is 0 Å². The minimum Gasteiger partial charge on any atom is -0.507 e. The van der Waals surface area contributed by atoms with Crippen molar-refractivity contribution in [3.8, 4) is 17.2 Å². The second kappa shape index (κ2) is 5.98. The van der Waals surface area contributed by atoms with E-state index < -0.39 is 0 Å². The molecule has 0 amide bonds. The molecule has 0 aliphatic heterocycles. The molecule has 0 atom stereocenters. The average Bonchev–Trinajstić information content (AvgIpc) is 2.57. The van der Waals surface area contributed by atoms with E-state index in [1.807, 2.05) is 54.6 Å². The van der Waals surface area contributed by atoms with Gasteiger partial charge in [-0.15, -0.1) is 0 Å². The molecule has 0 aromatic heterocycles. The molecule has 3 heteroatoms. The molecular weight excluding hydrogens is 276 g/mol. The second-order valence-electron chi connectivity index (χ2n) is 5.12. The van der Waals surface area contributed by atoms with Gasteiger partial charge in [0.2, 0.25) is 0 Å². The molecule has 0 heterocycles. The zero-order valence-electron chi connectivity index (χ0n) is 12.7. The van der Waals surface area contributed by atoms with Gasteiger partial charge in [-0.05, 0) is 17.0 Å². The maximum absolute atomic E-state index is 10.5. The molecule has 0 aliphatic carbocycles. The fourth-order valence-corrected chi connectivity index (χ4v) is 2.74. The SMILES string of the molecule is COc1cccc(Cc2ccc3ccccc3c2O)c1OC. The molecule has 22 heavy (non-hydrogen) atoms. The molecule has 0 unspecified atom stereocenters.